The lowest BCUT2D eigenvalue weighted by Crippen LogP contribution is -2.43. The summed E-state index contributed by atoms with van der Waals surface area (Å²) in [6, 6.07) is 4.73. The molecule has 1 fully saturated rings. The monoisotopic (exact) mass is 367 g/mol. The van der Waals surface area contributed by atoms with Crippen LogP contribution in [0.25, 0.3) is 10.9 Å². The van der Waals surface area contributed by atoms with Gasteiger partial charge in [0.15, 0.2) is 0 Å². The molecule has 0 aliphatic carbocycles. The second-order valence-electron chi connectivity index (χ2n) is 6.63. The Labute approximate surface area is 146 Å². The lowest BCUT2D eigenvalue weighted by atomic mass is 9.99. The van der Waals surface area contributed by atoms with Crippen LogP contribution in [0.15, 0.2) is 18.2 Å². The number of rotatable bonds is 4. The molecule has 1 atom stereocenters. The molecule has 8 heteroatoms. The summed E-state index contributed by atoms with van der Waals surface area (Å²) < 4.78 is 38.6. The Hall–Kier alpha value is -1.93. The van der Waals surface area contributed by atoms with Crippen LogP contribution >= 0.6 is 0 Å². The third-order valence-electron chi connectivity index (χ3n) is 4.77. The van der Waals surface area contributed by atoms with Gasteiger partial charge in [0.25, 0.3) is 5.91 Å². The van der Waals surface area contributed by atoms with Crippen LogP contribution in [-0.2, 0) is 10.0 Å². The van der Waals surface area contributed by atoms with E-state index in [1.165, 1.54) is 16.6 Å². The molecule has 6 nitrogen and oxygen atoms in total. The van der Waals surface area contributed by atoms with Crippen LogP contribution in [0.4, 0.5) is 4.39 Å². The molecule has 1 amide bonds. The van der Waals surface area contributed by atoms with Gasteiger partial charge >= 0.3 is 0 Å². The topological polar surface area (TPSA) is 82.3 Å². The number of nitrogens with zero attached hydrogens (tertiary/aromatic N) is 1. The number of H-pyrrole nitrogens is 1. The van der Waals surface area contributed by atoms with Crippen LogP contribution in [0.2, 0.25) is 0 Å². The highest BCUT2D eigenvalue weighted by Gasteiger charge is 2.26. The third-order valence-corrected chi connectivity index (χ3v) is 6.04. The van der Waals surface area contributed by atoms with E-state index in [4.69, 9.17) is 0 Å². The number of piperidine rings is 1. The molecule has 136 valence electrons. The second-order valence-corrected chi connectivity index (χ2v) is 8.61. The van der Waals surface area contributed by atoms with E-state index in [0.717, 1.165) is 12.8 Å². The minimum absolute atomic E-state index is 0.0776. The van der Waals surface area contributed by atoms with Crippen molar-refractivity contribution in [2.75, 3.05) is 25.9 Å². The smallest absolute Gasteiger partial charge is 0.268 e. The molecule has 0 saturated carbocycles. The number of aromatic amines is 1. The molecule has 2 N–H and O–H groups in total. The Morgan fingerprint density at radius 3 is 2.88 bits per heavy atom. The average molecular weight is 367 g/mol. The predicted molar refractivity (Wildman–Crippen MR) is 94.5 cm³/mol. The minimum Gasteiger partial charge on any atom is -0.350 e. The van der Waals surface area contributed by atoms with Gasteiger partial charge in [-0.1, -0.05) is 12.1 Å². The number of carbonyl (C=O) groups is 1. The molecule has 3 rings (SSSR count). The summed E-state index contributed by atoms with van der Waals surface area (Å²) in [5.41, 5.74) is 1.37. The molecule has 1 aromatic carbocycles. The summed E-state index contributed by atoms with van der Waals surface area (Å²) >= 11 is 0. The van der Waals surface area contributed by atoms with Crippen molar-refractivity contribution in [3.05, 3.63) is 35.3 Å². The highest BCUT2D eigenvalue weighted by molar-refractivity contribution is 7.88. The fourth-order valence-electron chi connectivity index (χ4n) is 3.36. The number of aryl methyl sites for hydroxylation is 1. The highest BCUT2D eigenvalue weighted by atomic mass is 32.2. The van der Waals surface area contributed by atoms with Crippen LogP contribution in [0.1, 0.15) is 28.9 Å². The Balaban J connectivity index is 1.69. The largest absolute Gasteiger partial charge is 0.350 e. The molecule has 2 heterocycles. The molecule has 0 bridgehead atoms. The highest BCUT2D eigenvalue weighted by Crippen LogP contribution is 2.24. The Morgan fingerprint density at radius 1 is 1.44 bits per heavy atom. The van der Waals surface area contributed by atoms with Gasteiger partial charge < -0.3 is 10.3 Å². The van der Waals surface area contributed by atoms with Crippen molar-refractivity contribution < 1.29 is 17.6 Å². The van der Waals surface area contributed by atoms with Gasteiger partial charge in [0.1, 0.15) is 11.5 Å². The first-order chi connectivity index (χ1) is 11.8. The van der Waals surface area contributed by atoms with Gasteiger partial charge in [0, 0.05) is 25.0 Å². The van der Waals surface area contributed by atoms with Crippen LogP contribution in [0.5, 0.6) is 0 Å². The number of amides is 1. The molecule has 0 unspecified atom stereocenters. The van der Waals surface area contributed by atoms with Crippen molar-refractivity contribution in [3.8, 4) is 0 Å². The van der Waals surface area contributed by atoms with Crippen molar-refractivity contribution in [2.45, 2.75) is 19.8 Å². The van der Waals surface area contributed by atoms with E-state index in [9.17, 15) is 17.6 Å². The quantitative estimate of drug-likeness (QED) is 0.867. The van der Waals surface area contributed by atoms with Crippen LogP contribution in [0, 0.1) is 18.7 Å². The zero-order chi connectivity index (χ0) is 18.2. The van der Waals surface area contributed by atoms with Crippen LogP contribution in [-0.4, -0.2) is 49.5 Å². The number of benzene rings is 1. The molecular formula is C17H22FN3O3S. The summed E-state index contributed by atoms with van der Waals surface area (Å²) in [5, 5.41) is 3.53. The molecule has 0 spiro atoms. The number of hydrogen-bond donors (Lipinski definition) is 2. The predicted octanol–water partition coefficient (Wildman–Crippen LogP) is 2.02. The maximum atomic E-state index is 13.8. The third kappa shape index (κ3) is 3.69. The molecular weight excluding hydrogens is 345 g/mol. The van der Waals surface area contributed by atoms with Crippen molar-refractivity contribution in [1.29, 1.82) is 0 Å². The fourth-order valence-corrected chi connectivity index (χ4v) is 4.31. The molecule has 0 radical (unpaired) electrons. The fraction of sp³-hybridized carbons (Fsp3) is 0.471. The van der Waals surface area contributed by atoms with E-state index in [1.807, 2.05) is 0 Å². The van der Waals surface area contributed by atoms with Crippen molar-refractivity contribution in [1.82, 2.24) is 14.6 Å². The van der Waals surface area contributed by atoms with E-state index < -0.39 is 15.8 Å². The van der Waals surface area contributed by atoms with Crippen LogP contribution < -0.4 is 5.32 Å². The number of hydrogen-bond acceptors (Lipinski definition) is 3. The molecule has 1 aliphatic heterocycles. The molecule has 1 aromatic heterocycles. The average Bonchev–Trinajstić information content (AvgIpc) is 2.91. The first kappa shape index (κ1) is 17.9. The summed E-state index contributed by atoms with van der Waals surface area (Å²) in [6.45, 7) is 3.12. The zero-order valence-corrected chi connectivity index (χ0v) is 15.1. The van der Waals surface area contributed by atoms with Crippen molar-refractivity contribution in [2.24, 2.45) is 5.92 Å². The van der Waals surface area contributed by atoms with E-state index >= 15 is 0 Å². The molecule has 1 saturated heterocycles. The van der Waals surface area contributed by atoms with Crippen molar-refractivity contribution >= 4 is 26.8 Å². The number of nitrogens with one attached hydrogen (secondary N) is 2. The van der Waals surface area contributed by atoms with E-state index in [2.05, 4.69) is 10.3 Å². The molecule has 2 aromatic rings. The lowest BCUT2D eigenvalue weighted by Gasteiger charge is -2.30. The first-order valence-electron chi connectivity index (χ1n) is 8.27. The van der Waals surface area contributed by atoms with Gasteiger partial charge in [0.2, 0.25) is 10.0 Å². The van der Waals surface area contributed by atoms with Crippen molar-refractivity contribution in [3.63, 3.8) is 0 Å². The van der Waals surface area contributed by atoms with Gasteiger partial charge in [-0.05, 0) is 37.3 Å². The van der Waals surface area contributed by atoms with Crippen LogP contribution in [0.3, 0.4) is 0 Å². The minimum atomic E-state index is -3.21. The van der Waals surface area contributed by atoms with E-state index in [0.29, 0.717) is 41.8 Å². The first-order valence-corrected chi connectivity index (χ1v) is 10.1. The van der Waals surface area contributed by atoms with Gasteiger partial charge in [-0.2, -0.15) is 0 Å². The maximum Gasteiger partial charge on any atom is 0.268 e. The summed E-state index contributed by atoms with van der Waals surface area (Å²) in [4.78, 5) is 15.3. The Morgan fingerprint density at radius 2 is 2.20 bits per heavy atom. The number of para-hydroxylation sites is 1. The number of fused-ring (bicyclic) bond motifs is 1. The van der Waals surface area contributed by atoms with Gasteiger partial charge in [-0.3, -0.25) is 4.79 Å². The number of aromatic nitrogens is 1. The second kappa shape index (κ2) is 6.76. The summed E-state index contributed by atoms with van der Waals surface area (Å²) in [6.07, 6.45) is 2.85. The molecule has 25 heavy (non-hydrogen) atoms. The summed E-state index contributed by atoms with van der Waals surface area (Å²) in [5.74, 6) is -0.617. The van der Waals surface area contributed by atoms with Gasteiger partial charge in [-0.15, -0.1) is 0 Å². The SMILES string of the molecule is Cc1c(C(=O)NC[C@@H]2CCCN(S(C)(=O)=O)C2)[nH]c2c(F)cccc12. The zero-order valence-electron chi connectivity index (χ0n) is 14.3. The summed E-state index contributed by atoms with van der Waals surface area (Å²) in [7, 11) is -3.21. The number of halogens is 1. The molecule has 1 aliphatic rings. The number of sulfonamides is 1. The lowest BCUT2D eigenvalue weighted by molar-refractivity contribution is 0.0937. The normalized spacial score (nSPS) is 19.2. The standard InChI is InChI=1S/C17H22FN3O3S/c1-11-13-6-3-7-14(18)16(13)20-15(11)17(22)19-9-12-5-4-8-21(10-12)25(2,23)24/h3,6-7,12,20H,4-5,8-10H2,1-2H3,(H,19,22)/t12-/m0/s1. The van der Waals surface area contributed by atoms with Gasteiger partial charge in [0.05, 0.1) is 11.8 Å². The number of carbonyl (C=O) groups excluding carboxylic acids is 1. The Kier molecular flexibility index (Phi) is 4.83. The van der Waals surface area contributed by atoms with Gasteiger partial charge in [-0.25, -0.2) is 17.1 Å². The Bertz CT molecular complexity index is 907. The van der Waals surface area contributed by atoms with E-state index in [1.54, 1.807) is 19.1 Å². The van der Waals surface area contributed by atoms with E-state index in [-0.39, 0.29) is 11.8 Å². The maximum absolute atomic E-state index is 13.8.